The Bertz CT molecular complexity index is 150. The van der Waals surface area contributed by atoms with E-state index in [0.717, 1.165) is 13.1 Å². The summed E-state index contributed by atoms with van der Waals surface area (Å²) in [6.07, 6.45) is 1.18. The summed E-state index contributed by atoms with van der Waals surface area (Å²) in [5.74, 6) is 0. The van der Waals surface area contributed by atoms with Crippen LogP contribution >= 0.6 is 0 Å². The van der Waals surface area contributed by atoms with Gasteiger partial charge in [0.25, 0.3) is 0 Å². The van der Waals surface area contributed by atoms with Gasteiger partial charge in [-0.25, -0.2) is 0 Å². The fraction of sp³-hybridized carbons (Fsp3) is 1.00. The minimum Gasteiger partial charge on any atom is -0.327 e. The van der Waals surface area contributed by atoms with Gasteiger partial charge in [0.15, 0.2) is 0 Å². The van der Waals surface area contributed by atoms with E-state index in [-0.39, 0.29) is 0 Å². The molecule has 0 radical (unpaired) electrons. The summed E-state index contributed by atoms with van der Waals surface area (Å²) in [7, 11) is 0. The van der Waals surface area contributed by atoms with E-state index in [1.165, 1.54) is 6.42 Å². The van der Waals surface area contributed by atoms with Crippen molar-refractivity contribution in [3.8, 4) is 0 Å². The summed E-state index contributed by atoms with van der Waals surface area (Å²) in [5, 5.41) is 0. The molecule has 0 aliphatic heterocycles. The first-order chi connectivity index (χ1) is 5.54. The zero-order valence-corrected chi connectivity index (χ0v) is 8.80. The minimum atomic E-state index is 0.325. The third-order valence-electron chi connectivity index (χ3n) is 3.54. The van der Waals surface area contributed by atoms with Gasteiger partial charge in [0.2, 0.25) is 0 Å². The van der Waals surface area contributed by atoms with E-state index in [9.17, 15) is 0 Å². The Hall–Kier alpha value is -0.0800. The molecule has 0 spiro atoms. The Labute approximate surface area is 76.1 Å². The van der Waals surface area contributed by atoms with Crippen molar-refractivity contribution in [2.24, 2.45) is 11.1 Å². The Morgan fingerprint density at radius 3 is 2.08 bits per heavy atom. The average molecular weight is 170 g/mol. The molecule has 1 saturated carbocycles. The second-order valence-corrected chi connectivity index (χ2v) is 4.40. The van der Waals surface area contributed by atoms with E-state index >= 15 is 0 Å². The molecule has 0 amide bonds. The van der Waals surface area contributed by atoms with Crippen LogP contribution in [0, 0.1) is 5.41 Å². The highest BCUT2D eigenvalue weighted by molar-refractivity contribution is 5.04. The van der Waals surface area contributed by atoms with Crippen LogP contribution in [0.1, 0.15) is 34.1 Å². The smallest absolute Gasteiger partial charge is 0.0176 e. The Kier molecular flexibility index (Phi) is 2.79. The van der Waals surface area contributed by atoms with Crippen LogP contribution in [0.3, 0.4) is 0 Å². The van der Waals surface area contributed by atoms with Crippen LogP contribution < -0.4 is 5.73 Å². The topological polar surface area (TPSA) is 29.3 Å². The molecule has 0 aromatic rings. The van der Waals surface area contributed by atoms with E-state index in [1.807, 2.05) is 0 Å². The van der Waals surface area contributed by atoms with Crippen molar-refractivity contribution in [1.82, 2.24) is 4.90 Å². The molecule has 0 aromatic carbocycles. The summed E-state index contributed by atoms with van der Waals surface area (Å²) in [4.78, 5) is 2.52. The first-order valence-electron chi connectivity index (χ1n) is 5.03. The van der Waals surface area contributed by atoms with Gasteiger partial charge < -0.3 is 10.6 Å². The van der Waals surface area contributed by atoms with Crippen LogP contribution in [-0.4, -0.2) is 30.1 Å². The lowest BCUT2D eigenvalue weighted by Crippen LogP contribution is -2.64. The third kappa shape index (κ3) is 1.38. The van der Waals surface area contributed by atoms with Crippen LogP contribution in [0.25, 0.3) is 0 Å². The quantitative estimate of drug-likeness (QED) is 0.694. The zero-order chi connectivity index (χ0) is 9.35. The lowest BCUT2D eigenvalue weighted by molar-refractivity contribution is -0.0164. The highest BCUT2D eigenvalue weighted by atomic mass is 15.2. The van der Waals surface area contributed by atoms with Gasteiger partial charge in [0.05, 0.1) is 0 Å². The maximum atomic E-state index is 5.97. The van der Waals surface area contributed by atoms with Crippen LogP contribution in [-0.2, 0) is 0 Å². The molecule has 1 rings (SSSR count). The third-order valence-corrected chi connectivity index (χ3v) is 3.54. The summed E-state index contributed by atoms with van der Waals surface area (Å²) in [6, 6.07) is 1.12. The first-order valence-corrected chi connectivity index (χ1v) is 5.03. The highest BCUT2D eigenvalue weighted by Crippen LogP contribution is 2.42. The summed E-state index contributed by atoms with van der Waals surface area (Å²) in [6.45, 7) is 11.3. The van der Waals surface area contributed by atoms with Gasteiger partial charge in [-0.1, -0.05) is 27.7 Å². The summed E-state index contributed by atoms with van der Waals surface area (Å²) < 4.78 is 0. The van der Waals surface area contributed by atoms with Crippen LogP contribution in [0.15, 0.2) is 0 Å². The molecular formula is C10H22N2. The average Bonchev–Trinajstić information content (AvgIpc) is 2.05. The molecule has 0 aromatic heterocycles. The van der Waals surface area contributed by atoms with Crippen molar-refractivity contribution in [1.29, 1.82) is 0 Å². The first kappa shape index (κ1) is 10.0. The second kappa shape index (κ2) is 3.35. The lowest BCUT2D eigenvalue weighted by Gasteiger charge is -2.54. The van der Waals surface area contributed by atoms with Gasteiger partial charge in [0.1, 0.15) is 0 Å². The summed E-state index contributed by atoms with van der Waals surface area (Å²) in [5.41, 5.74) is 6.29. The molecule has 0 saturated heterocycles. The number of nitrogens with two attached hydrogens (primary N) is 1. The number of nitrogens with zero attached hydrogens (tertiary/aromatic N) is 1. The minimum absolute atomic E-state index is 0.325. The van der Waals surface area contributed by atoms with E-state index in [4.69, 9.17) is 5.73 Å². The number of rotatable bonds is 3. The molecule has 72 valence electrons. The monoisotopic (exact) mass is 170 g/mol. The molecule has 2 heteroatoms. The standard InChI is InChI=1S/C10H22N2/c1-5-12(6-2)9-7-8(11)10(9,3)4/h8-9H,5-7,11H2,1-4H3. The maximum absolute atomic E-state index is 5.97. The molecule has 2 atom stereocenters. The molecule has 2 unspecified atom stereocenters. The maximum Gasteiger partial charge on any atom is 0.0176 e. The molecule has 2 nitrogen and oxygen atoms in total. The van der Waals surface area contributed by atoms with E-state index in [2.05, 4.69) is 32.6 Å². The normalized spacial score (nSPS) is 33.5. The predicted molar refractivity (Wildman–Crippen MR) is 53.1 cm³/mol. The lowest BCUT2D eigenvalue weighted by atomic mass is 9.62. The molecular weight excluding hydrogens is 148 g/mol. The van der Waals surface area contributed by atoms with Gasteiger partial charge in [-0.2, -0.15) is 0 Å². The summed E-state index contributed by atoms with van der Waals surface area (Å²) >= 11 is 0. The molecule has 2 N–H and O–H groups in total. The molecule has 0 heterocycles. The molecule has 0 bridgehead atoms. The van der Waals surface area contributed by atoms with Crippen molar-refractivity contribution in [2.45, 2.75) is 46.2 Å². The zero-order valence-electron chi connectivity index (χ0n) is 8.80. The van der Waals surface area contributed by atoms with E-state index in [0.29, 0.717) is 17.5 Å². The molecule has 1 fully saturated rings. The molecule has 12 heavy (non-hydrogen) atoms. The van der Waals surface area contributed by atoms with Gasteiger partial charge >= 0.3 is 0 Å². The van der Waals surface area contributed by atoms with E-state index < -0.39 is 0 Å². The van der Waals surface area contributed by atoms with Crippen molar-refractivity contribution >= 4 is 0 Å². The number of hydrogen-bond acceptors (Lipinski definition) is 2. The SMILES string of the molecule is CCN(CC)C1CC(N)C1(C)C. The highest BCUT2D eigenvalue weighted by Gasteiger charge is 2.47. The Balaban J connectivity index is 2.55. The Morgan fingerprint density at radius 1 is 1.33 bits per heavy atom. The largest absolute Gasteiger partial charge is 0.327 e. The van der Waals surface area contributed by atoms with Gasteiger partial charge in [-0.05, 0) is 24.9 Å². The van der Waals surface area contributed by atoms with Crippen LogP contribution in [0.5, 0.6) is 0 Å². The fourth-order valence-corrected chi connectivity index (χ4v) is 2.22. The van der Waals surface area contributed by atoms with Gasteiger partial charge in [-0.3, -0.25) is 0 Å². The van der Waals surface area contributed by atoms with Crippen molar-refractivity contribution < 1.29 is 0 Å². The van der Waals surface area contributed by atoms with Crippen molar-refractivity contribution in [3.05, 3.63) is 0 Å². The Morgan fingerprint density at radius 2 is 1.83 bits per heavy atom. The number of hydrogen-bond donors (Lipinski definition) is 1. The predicted octanol–water partition coefficient (Wildman–Crippen LogP) is 1.45. The second-order valence-electron chi connectivity index (χ2n) is 4.40. The molecule has 1 aliphatic rings. The van der Waals surface area contributed by atoms with Crippen LogP contribution in [0.4, 0.5) is 0 Å². The van der Waals surface area contributed by atoms with Crippen LogP contribution in [0.2, 0.25) is 0 Å². The van der Waals surface area contributed by atoms with E-state index in [1.54, 1.807) is 0 Å². The fourth-order valence-electron chi connectivity index (χ4n) is 2.22. The van der Waals surface area contributed by atoms with Gasteiger partial charge in [-0.15, -0.1) is 0 Å². The molecule has 1 aliphatic carbocycles. The van der Waals surface area contributed by atoms with Crippen molar-refractivity contribution in [2.75, 3.05) is 13.1 Å². The van der Waals surface area contributed by atoms with Crippen molar-refractivity contribution in [3.63, 3.8) is 0 Å². The van der Waals surface area contributed by atoms with Gasteiger partial charge in [0, 0.05) is 12.1 Å².